The number of ether oxygens (including phenoxy) is 1. The van der Waals surface area contributed by atoms with Gasteiger partial charge in [0, 0.05) is 78.9 Å². The van der Waals surface area contributed by atoms with Gasteiger partial charge in [-0.25, -0.2) is 9.97 Å². The molecule has 49 heavy (non-hydrogen) atoms. The fourth-order valence-corrected chi connectivity index (χ4v) is 6.90. The summed E-state index contributed by atoms with van der Waals surface area (Å²) >= 11 is 14.2. The Labute approximate surface area is 294 Å². The minimum Gasteiger partial charge on any atom is -0.481 e. The smallest absolute Gasteiger partial charge is 0.262 e. The molecule has 1 amide bonds. The van der Waals surface area contributed by atoms with Gasteiger partial charge in [-0.2, -0.15) is 0 Å². The van der Waals surface area contributed by atoms with Crippen LogP contribution >= 0.6 is 23.2 Å². The largest absolute Gasteiger partial charge is 0.481 e. The lowest BCUT2D eigenvalue weighted by molar-refractivity contribution is -0.119. The van der Waals surface area contributed by atoms with Crippen molar-refractivity contribution in [1.82, 2.24) is 29.9 Å². The number of hydrogen-bond acceptors (Lipinski definition) is 8. The highest BCUT2D eigenvalue weighted by atomic mass is 35.5. The fourth-order valence-electron chi connectivity index (χ4n) is 6.24. The zero-order valence-corrected chi connectivity index (χ0v) is 29.1. The van der Waals surface area contributed by atoms with Crippen LogP contribution in [0.3, 0.4) is 0 Å². The molecule has 3 aromatic heterocycles. The molecule has 2 atom stereocenters. The van der Waals surface area contributed by atoms with E-state index in [4.69, 9.17) is 32.9 Å². The van der Waals surface area contributed by atoms with Crippen molar-refractivity contribution in [3.63, 3.8) is 0 Å². The van der Waals surface area contributed by atoms with Crippen LogP contribution in [0.5, 0.6) is 5.88 Å². The van der Waals surface area contributed by atoms with Crippen molar-refractivity contribution in [3.05, 3.63) is 105 Å². The molecule has 0 bridgehead atoms. The number of fused-ring (bicyclic) bond motifs is 1. The molecule has 4 heterocycles. The molecule has 254 valence electrons. The molecular formula is C37H38Cl2N6O4. The van der Waals surface area contributed by atoms with Gasteiger partial charge in [0.15, 0.2) is 0 Å². The maximum atomic E-state index is 13.2. The van der Waals surface area contributed by atoms with Gasteiger partial charge >= 0.3 is 0 Å². The molecule has 3 N–H and O–H groups in total. The van der Waals surface area contributed by atoms with Crippen LogP contribution in [0.4, 0.5) is 0 Å². The number of pyridine rings is 2. The lowest BCUT2D eigenvalue weighted by Gasteiger charge is -2.18. The maximum Gasteiger partial charge on any atom is 0.262 e. The van der Waals surface area contributed by atoms with Crippen molar-refractivity contribution in [2.24, 2.45) is 0 Å². The second-order valence-electron chi connectivity index (χ2n) is 12.4. The number of amides is 1. The van der Waals surface area contributed by atoms with Gasteiger partial charge in [0.05, 0.1) is 34.5 Å². The summed E-state index contributed by atoms with van der Waals surface area (Å²) in [7, 11) is 3.44. The number of benzene rings is 2. The summed E-state index contributed by atoms with van der Waals surface area (Å²) in [6.07, 6.45) is 4.19. The van der Waals surface area contributed by atoms with Crippen LogP contribution in [0.15, 0.2) is 77.9 Å². The number of halogens is 2. The molecule has 10 nitrogen and oxygen atoms in total. The molecule has 1 unspecified atom stereocenters. The van der Waals surface area contributed by atoms with Gasteiger partial charge in [-0.15, -0.1) is 0 Å². The van der Waals surface area contributed by atoms with E-state index in [-0.39, 0.29) is 17.5 Å². The second kappa shape index (κ2) is 15.1. The maximum absolute atomic E-state index is 13.2. The first-order valence-electron chi connectivity index (χ1n) is 16.1. The van der Waals surface area contributed by atoms with Crippen molar-refractivity contribution in [2.75, 3.05) is 27.2 Å². The van der Waals surface area contributed by atoms with E-state index in [0.717, 1.165) is 39.8 Å². The Bertz CT molecular complexity index is 2070. The van der Waals surface area contributed by atoms with Gasteiger partial charge in [0.1, 0.15) is 5.65 Å². The summed E-state index contributed by atoms with van der Waals surface area (Å²) in [4.78, 5) is 35.9. The molecule has 1 aliphatic heterocycles. The lowest BCUT2D eigenvalue weighted by Crippen LogP contribution is -2.35. The highest BCUT2D eigenvalue weighted by Crippen LogP contribution is 2.42. The van der Waals surface area contributed by atoms with E-state index in [1.807, 2.05) is 72.6 Å². The van der Waals surface area contributed by atoms with Crippen molar-refractivity contribution >= 4 is 34.8 Å². The second-order valence-corrected chi connectivity index (χ2v) is 13.2. The number of hydrogen-bond donors (Lipinski definition) is 3. The third kappa shape index (κ3) is 7.64. The molecule has 2 aromatic carbocycles. The van der Waals surface area contributed by atoms with Crippen LogP contribution in [-0.4, -0.2) is 69.7 Å². The number of aliphatic hydroxyl groups excluding tert-OH is 1. The van der Waals surface area contributed by atoms with E-state index in [1.165, 1.54) is 4.40 Å². The van der Waals surface area contributed by atoms with E-state index < -0.39 is 6.10 Å². The Morgan fingerprint density at radius 2 is 1.76 bits per heavy atom. The number of carbonyl (C=O) groups is 1. The summed E-state index contributed by atoms with van der Waals surface area (Å²) in [5, 5.41) is 17.0. The molecular weight excluding hydrogens is 663 g/mol. The number of aromatic nitrogens is 3. The molecule has 0 spiro atoms. The minimum absolute atomic E-state index is 0.0929. The number of rotatable bonds is 12. The Hall–Kier alpha value is -4.32. The summed E-state index contributed by atoms with van der Waals surface area (Å²) in [6, 6.07) is 19.2. The monoisotopic (exact) mass is 700 g/mol. The minimum atomic E-state index is -0.499. The normalized spacial score (nSPS) is 15.2. The van der Waals surface area contributed by atoms with Crippen LogP contribution in [-0.2, 0) is 17.9 Å². The van der Waals surface area contributed by atoms with Gasteiger partial charge in [0.2, 0.25) is 11.8 Å². The topological polar surface area (TPSA) is 121 Å². The van der Waals surface area contributed by atoms with Gasteiger partial charge in [-0.1, -0.05) is 65.7 Å². The lowest BCUT2D eigenvalue weighted by atomic mass is 9.97. The predicted octanol–water partition coefficient (Wildman–Crippen LogP) is 5.59. The quantitative estimate of drug-likeness (QED) is 0.154. The zero-order valence-electron chi connectivity index (χ0n) is 27.5. The van der Waals surface area contributed by atoms with E-state index in [2.05, 4.69) is 15.6 Å². The van der Waals surface area contributed by atoms with E-state index >= 15 is 0 Å². The van der Waals surface area contributed by atoms with Crippen molar-refractivity contribution in [3.8, 4) is 39.4 Å². The van der Waals surface area contributed by atoms with Gasteiger partial charge < -0.3 is 20.5 Å². The zero-order chi connectivity index (χ0) is 34.7. The van der Waals surface area contributed by atoms with E-state index in [0.29, 0.717) is 65.4 Å². The van der Waals surface area contributed by atoms with Crippen LogP contribution in [0.2, 0.25) is 10.0 Å². The summed E-state index contributed by atoms with van der Waals surface area (Å²) < 4.78 is 7.16. The van der Waals surface area contributed by atoms with Crippen LogP contribution in [0, 0.1) is 0 Å². The molecule has 1 saturated heterocycles. The van der Waals surface area contributed by atoms with Gasteiger partial charge in [-0.05, 0) is 44.2 Å². The molecule has 5 aromatic rings. The third-order valence-electron chi connectivity index (χ3n) is 8.60. The highest BCUT2D eigenvalue weighted by molar-refractivity contribution is 6.39. The standard InChI is InChI=1S/C37H38Cl2N6O4/c1-22(46)20-44(2)21-25-18-41-32-16-23(14-15-45(32)37(25)48)27-6-4-7-28(34(27)38)29-8-5-9-30(35(29)39)31-12-10-24(36(43-31)49-3)17-40-19-26-11-13-33(47)42-26/h4-10,12,14-16,18,22,26,40,46H,11,13,17,19-21H2,1-3H3,(H,42,47)/t22?,26-/m0/s1. The number of likely N-dealkylation sites (N-methyl/N-ethyl adjacent to an activating group) is 1. The summed E-state index contributed by atoms with van der Waals surface area (Å²) in [5.74, 6) is 0.584. The van der Waals surface area contributed by atoms with Gasteiger partial charge in [0.25, 0.3) is 5.56 Å². The average Bonchev–Trinajstić information content (AvgIpc) is 3.50. The third-order valence-corrected chi connectivity index (χ3v) is 9.41. The number of aliphatic hydroxyl groups is 1. The first-order chi connectivity index (χ1) is 23.6. The summed E-state index contributed by atoms with van der Waals surface area (Å²) in [6.45, 7) is 3.75. The number of methoxy groups -OCH3 is 1. The van der Waals surface area contributed by atoms with Crippen LogP contribution in [0.25, 0.3) is 39.2 Å². The number of nitrogens with one attached hydrogen (secondary N) is 2. The van der Waals surface area contributed by atoms with E-state index in [1.54, 1.807) is 26.4 Å². The Morgan fingerprint density at radius 1 is 1.04 bits per heavy atom. The molecule has 6 rings (SSSR count). The molecule has 0 aliphatic carbocycles. The number of carbonyl (C=O) groups excluding carboxylic acids is 1. The van der Waals surface area contributed by atoms with Crippen molar-refractivity contribution < 1.29 is 14.6 Å². The molecule has 12 heteroatoms. The number of nitrogens with zero attached hydrogens (tertiary/aromatic N) is 4. The molecule has 0 radical (unpaired) electrons. The Morgan fingerprint density at radius 3 is 2.45 bits per heavy atom. The molecule has 1 aliphatic rings. The summed E-state index contributed by atoms with van der Waals surface area (Å²) in [5.41, 5.74) is 6.23. The first-order valence-corrected chi connectivity index (χ1v) is 16.9. The average molecular weight is 702 g/mol. The highest BCUT2D eigenvalue weighted by Gasteiger charge is 2.21. The molecule has 1 fully saturated rings. The molecule has 0 saturated carbocycles. The predicted molar refractivity (Wildman–Crippen MR) is 193 cm³/mol. The first kappa shape index (κ1) is 34.5. The van der Waals surface area contributed by atoms with Crippen LogP contribution < -0.4 is 20.9 Å². The van der Waals surface area contributed by atoms with Crippen LogP contribution in [0.1, 0.15) is 30.9 Å². The van der Waals surface area contributed by atoms with Crippen molar-refractivity contribution in [2.45, 2.75) is 45.0 Å². The van der Waals surface area contributed by atoms with E-state index in [9.17, 15) is 14.7 Å². The van der Waals surface area contributed by atoms with Gasteiger partial charge in [-0.3, -0.25) is 18.9 Å². The SMILES string of the molecule is COc1nc(-c2cccc(-c3cccc(-c4ccn5c(=O)c(CN(C)CC(C)O)cnc5c4)c3Cl)c2Cl)ccc1CNC[C@@H]1CCC(=O)N1. The Balaban J connectivity index is 1.26. The Kier molecular flexibility index (Phi) is 10.6. The van der Waals surface area contributed by atoms with Crippen molar-refractivity contribution in [1.29, 1.82) is 0 Å². The fraction of sp³-hybridized carbons (Fsp3) is 0.297.